The largest absolute Gasteiger partial charge is 0.326 e. The highest BCUT2D eigenvalue weighted by Gasteiger charge is 2.40. The molecule has 0 radical (unpaired) electrons. The fraction of sp³-hybridized carbons (Fsp3) is 0.583. The molecule has 80 valence electrons. The van der Waals surface area contributed by atoms with Crippen molar-refractivity contribution in [3.63, 3.8) is 0 Å². The highest BCUT2D eigenvalue weighted by Crippen LogP contribution is 2.39. The highest BCUT2D eigenvalue weighted by atomic mass is 15.3. The van der Waals surface area contributed by atoms with Crippen LogP contribution < -0.4 is 5.73 Å². The van der Waals surface area contributed by atoms with Crippen molar-refractivity contribution in [3.8, 4) is 0 Å². The second-order valence-corrected chi connectivity index (χ2v) is 4.69. The molecule has 0 spiro atoms. The molecule has 1 saturated carbocycles. The molecule has 1 aliphatic carbocycles. The Morgan fingerprint density at radius 1 is 1.33 bits per heavy atom. The molecule has 0 bridgehead atoms. The summed E-state index contributed by atoms with van der Waals surface area (Å²) in [6, 6.07) is 7.74. The minimum atomic E-state index is 0.331. The zero-order valence-electron chi connectivity index (χ0n) is 8.84. The van der Waals surface area contributed by atoms with E-state index >= 15 is 0 Å². The molecule has 2 heterocycles. The Hall–Kier alpha value is -0.930. The standard InChI is InChI=1S/C12H17N3/c13-9-7-12(11-3-1-2-6-14-11)15(8-9)10-4-5-10/h1-3,6,9-10,12H,4-5,7-8,13H2. The molecular weight excluding hydrogens is 186 g/mol. The molecule has 3 heteroatoms. The normalized spacial score (nSPS) is 32.1. The van der Waals surface area contributed by atoms with E-state index in [1.807, 2.05) is 12.3 Å². The fourth-order valence-corrected chi connectivity index (χ4v) is 2.57. The van der Waals surface area contributed by atoms with Crippen LogP contribution in [0.15, 0.2) is 24.4 Å². The summed E-state index contributed by atoms with van der Waals surface area (Å²) in [6.07, 6.45) is 5.63. The summed E-state index contributed by atoms with van der Waals surface area (Å²) in [5.74, 6) is 0. The molecule has 3 rings (SSSR count). The van der Waals surface area contributed by atoms with E-state index in [9.17, 15) is 0 Å². The highest BCUT2D eigenvalue weighted by molar-refractivity contribution is 5.13. The zero-order chi connectivity index (χ0) is 10.3. The lowest BCUT2D eigenvalue weighted by Crippen LogP contribution is -2.29. The Balaban J connectivity index is 1.84. The van der Waals surface area contributed by atoms with E-state index in [0.717, 1.165) is 19.0 Å². The topological polar surface area (TPSA) is 42.1 Å². The maximum atomic E-state index is 6.05. The van der Waals surface area contributed by atoms with E-state index in [-0.39, 0.29) is 0 Å². The molecule has 1 saturated heterocycles. The van der Waals surface area contributed by atoms with Gasteiger partial charge in [-0.25, -0.2) is 0 Å². The van der Waals surface area contributed by atoms with Gasteiger partial charge in [-0.05, 0) is 31.4 Å². The van der Waals surface area contributed by atoms with Gasteiger partial charge < -0.3 is 5.73 Å². The molecule has 3 nitrogen and oxygen atoms in total. The lowest BCUT2D eigenvalue weighted by Gasteiger charge is -2.23. The Kier molecular flexibility index (Phi) is 2.22. The monoisotopic (exact) mass is 203 g/mol. The maximum Gasteiger partial charge on any atom is 0.0576 e. The molecule has 1 aliphatic heterocycles. The number of hydrogen-bond donors (Lipinski definition) is 1. The lowest BCUT2D eigenvalue weighted by atomic mass is 10.1. The number of rotatable bonds is 2. The maximum absolute atomic E-state index is 6.05. The SMILES string of the molecule is NC1CC(c2ccccn2)N(C2CC2)C1. The van der Waals surface area contributed by atoms with Gasteiger partial charge in [0.05, 0.1) is 11.7 Å². The Morgan fingerprint density at radius 3 is 2.87 bits per heavy atom. The van der Waals surface area contributed by atoms with E-state index in [0.29, 0.717) is 12.1 Å². The third kappa shape index (κ3) is 1.77. The third-order valence-electron chi connectivity index (χ3n) is 3.42. The summed E-state index contributed by atoms with van der Waals surface area (Å²) in [4.78, 5) is 7.01. The lowest BCUT2D eigenvalue weighted by molar-refractivity contribution is 0.241. The molecule has 0 amide bonds. The third-order valence-corrected chi connectivity index (χ3v) is 3.42. The summed E-state index contributed by atoms with van der Waals surface area (Å²) in [6.45, 7) is 1.05. The van der Waals surface area contributed by atoms with Crippen molar-refractivity contribution in [2.24, 2.45) is 5.73 Å². The molecule has 1 aromatic heterocycles. The van der Waals surface area contributed by atoms with E-state index in [4.69, 9.17) is 5.73 Å². The minimum Gasteiger partial charge on any atom is -0.326 e. The number of nitrogens with two attached hydrogens (primary N) is 1. The quantitative estimate of drug-likeness (QED) is 0.788. The van der Waals surface area contributed by atoms with Gasteiger partial charge in [0.15, 0.2) is 0 Å². The van der Waals surface area contributed by atoms with Gasteiger partial charge in [-0.1, -0.05) is 6.07 Å². The Labute approximate surface area is 90.3 Å². The van der Waals surface area contributed by atoms with Crippen LogP contribution in [0.25, 0.3) is 0 Å². The molecule has 2 unspecified atom stereocenters. The first kappa shape index (κ1) is 9.31. The van der Waals surface area contributed by atoms with Gasteiger partial charge in [0, 0.05) is 24.8 Å². The predicted octanol–water partition coefficient (Wildman–Crippen LogP) is 1.32. The van der Waals surface area contributed by atoms with E-state index < -0.39 is 0 Å². The van der Waals surface area contributed by atoms with Crippen molar-refractivity contribution in [3.05, 3.63) is 30.1 Å². The number of hydrogen-bond acceptors (Lipinski definition) is 3. The Morgan fingerprint density at radius 2 is 2.20 bits per heavy atom. The van der Waals surface area contributed by atoms with Gasteiger partial charge in [0.2, 0.25) is 0 Å². The van der Waals surface area contributed by atoms with Crippen LogP contribution >= 0.6 is 0 Å². The van der Waals surface area contributed by atoms with Gasteiger partial charge >= 0.3 is 0 Å². The van der Waals surface area contributed by atoms with E-state index in [2.05, 4.69) is 22.0 Å². The molecule has 2 atom stereocenters. The molecule has 2 N–H and O–H groups in total. The fourth-order valence-electron chi connectivity index (χ4n) is 2.57. The van der Waals surface area contributed by atoms with Crippen LogP contribution in [0.4, 0.5) is 0 Å². The van der Waals surface area contributed by atoms with Gasteiger partial charge in [-0.15, -0.1) is 0 Å². The molecular formula is C12H17N3. The van der Waals surface area contributed by atoms with Crippen LogP contribution in [0.2, 0.25) is 0 Å². The molecule has 2 fully saturated rings. The average Bonchev–Trinajstić information content (AvgIpc) is 3.03. The predicted molar refractivity (Wildman–Crippen MR) is 59.3 cm³/mol. The van der Waals surface area contributed by atoms with E-state index in [1.54, 1.807) is 0 Å². The van der Waals surface area contributed by atoms with Crippen LogP contribution in [-0.2, 0) is 0 Å². The zero-order valence-corrected chi connectivity index (χ0v) is 8.84. The first-order valence-corrected chi connectivity index (χ1v) is 5.77. The van der Waals surface area contributed by atoms with Gasteiger partial charge in [0.25, 0.3) is 0 Å². The summed E-state index contributed by atoms with van der Waals surface area (Å²) in [7, 11) is 0. The first-order chi connectivity index (χ1) is 7.34. The molecule has 1 aromatic rings. The van der Waals surface area contributed by atoms with Crippen LogP contribution in [-0.4, -0.2) is 28.5 Å². The molecule has 2 aliphatic rings. The Bertz CT molecular complexity index is 334. The minimum absolute atomic E-state index is 0.331. The van der Waals surface area contributed by atoms with Crippen LogP contribution in [0.5, 0.6) is 0 Å². The first-order valence-electron chi connectivity index (χ1n) is 5.77. The van der Waals surface area contributed by atoms with Crippen LogP contribution in [0.3, 0.4) is 0 Å². The molecule has 15 heavy (non-hydrogen) atoms. The number of aromatic nitrogens is 1. The summed E-state index contributed by atoms with van der Waals surface area (Å²) >= 11 is 0. The summed E-state index contributed by atoms with van der Waals surface area (Å²) < 4.78 is 0. The van der Waals surface area contributed by atoms with Gasteiger partial charge in [-0.3, -0.25) is 9.88 Å². The number of likely N-dealkylation sites (tertiary alicyclic amines) is 1. The second kappa shape index (κ2) is 3.58. The van der Waals surface area contributed by atoms with Crippen molar-refractivity contribution in [2.45, 2.75) is 37.4 Å². The molecule has 0 aromatic carbocycles. The van der Waals surface area contributed by atoms with E-state index in [1.165, 1.54) is 18.5 Å². The number of pyridine rings is 1. The van der Waals surface area contributed by atoms with Crippen molar-refractivity contribution in [1.82, 2.24) is 9.88 Å². The summed E-state index contributed by atoms with van der Waals surface area (Å²) in [5, 5.41) is 0. The average molecular weight is 203 g/mol. The van der Waals surface area contributed by atoms with Gasteiger partial charge in [0.1, 0.15) is 0 Å². The number of nitrogens with zero attached hydrogens (tertiary/aromatic N) is 2. The van der Waals surface area contributed by atoms with Crippen molar-refractivity contribution >= 4 is 0 Å². The van der Waals surface area contributed by atoms with Gasteiger partial charge in [-0.2, -0.15) is 0 Å². The van der Waals surface area contributed by atoms with Crippen molar-refractivity contribution in [2.75, 3.05) is 6.54 Å². The van der Waals surface area contributed by atoms with Crippen molar-refractivity contribution in [1.29, 1.82) is 0 Å². The van der Waals surface area contributed by atoms with Crippen molar-refractivity contribution < 1.29 is 0 Å². The van der Waals surface area contributed by atoms with Crippen LogP contribution in [0.1, 0.15) is 31.0 Å². The van der Waals surface area contributed by atoms with Crippen LogP contribution in [0, 0.1) is 0 Å². The smallest absolute Gasteiger partial charge is 0.0576 e. The summed E-state index contributed by atoms with van der Waals surface area (Å²) in [5.41, 5.74) is 7.24. The second-order valence-electron chi connectivity index (χ2n) is 4.69.